The average molecular weight is 480 g/mol. The summed E-state index contributed by atoms with van der Waals surface area (Å²) in [6.45, 7) is 4.03. The van der Waals surface area contributed by atoms with Crippen LogP contribution in [0, 0.1) is 13.8 Å². The lowest BCUT2D eigenvalue weighted by atomic mass is 10.1. The number of rotatable bonds is 6. The zero-order chi connectivity index (χ0) is 23.6. The van der Waals surface area contributed by atoms with Crippen LogP contribution in [-0.4, -0.2) is 24.5 Å². The Kier molecular flexibility index (Phi) is 6.40. The van der Waals surface area contributed by atoms with E-state index < -0.39 is 10.1 Å². The molecule has 0 saturated carbocycles. The number of carbonyl (C=O) groups excluding carboxylic acids is 2. The largest absolute Gasteiger partial charge is 0.379 e. The van der Waals surface area contributed by atoms with E-state index in [2.05, 4.69) is 0 Å². The van der Waals surface area contributed by atoms with Gasteiger partial charge < -0.3 is 4.18 Å². The van der Waals surface area contributed by atoms with Crippen LogP contribution in [0.2, 0.25) is 0 Å². The van der Waals surface area contributed by atoms with Crippen molar-refractivity contribution in [2.45, 2.75) is 25.3 Å². The minimum atomic E-state index is -4.00. The molecule has 1 fully saturated rings. The fraction of sp³-hybridized carbons (Fsp3) is 0.120. The summed E-state index contributed by atoms with van der Waals surface area (Å²) < 4.78 is 30.4. The van der Waals surface area contributed by atoms with E-state index in [1.165, 1.54) is 29.2 Å². The highest BCUT2D eigenvalue weighted by Crippen LogP contribution is 2.34. The van der Waals surface area contributed by atoms with Gasteiger partial charge in [0.1, 0.15) is 10.6 Å². The summed E-state index contributed by atoms with van der Waals surface area (Å²) in [4.78, 5) is 26.7. The topological polar surface area (TPSA) is 80.8 Å². The van der Waals surface area contributed by atoms with Crippen LogP contribution in [0.1, 0.15) is 22.3 Å². The van der Waals surface area contributed by atoms with Gasteiger partial charge in [-0.05, 0) is 67.1 Å². The van der Waals surface area contributed by atoms with Gasteiger partial charge in [-0.25, -0.2) is 0 Å². The van der Waals surface area contributed by atoms with E-state index in [-0.39, 0.29) is 33.2 Å². The Bertz CT molecular complexity index is 1340. The molecule has 1 heterocycles. The Morgan fingerprint density at radius 3 is 2.21 bits per heavy atom. The van der Waals surface area contributed by atoms with Gasteiger partial charge in [0.05, 0.1) is 11.4 Å². The highest BCUT2D eigenvalue weighted by molar-refractivity contribution is 8.18. The second-order valence-corrected chi connectivity index (χ2v) is 10.2. The number of carbonyl (C=O) groups is 2. The molecule has 168 valence electrons. The average Bonchev–Trinajstić information content (AvgIpc) is 3.03. The Balaban J connectivity index is 1.52. The number of imide groups is 1. The summed E-state index contributed by atoms with van der Waals surface area (Å²) in [6, 6.07) is 20.4. The molecule has 0 aliphatic carbocycles. The third-order valence-electron chi connectivity index (χ3n) is 5.01. The highest BCUT2D eigenvalue weighted by Gasteiger charge is 2.35. The van der Waals surface area contributed by atoms with E-state index in [1.54, 1.807) is 30.3 Å². The molecular weight excluding hydrogens is 458 g/mol. The van der Waals surface area contributed by atoms with Crippen LogP contribution in [0.3, 0.4) is 0 Å². The molecule has 3 aromatic rings. The van der Waals surface area contributed by atoms with Crippen molar-refractivity contribution in [3.05, 3.63) is 100.0 Å². The zero-order valence-electron chi connectivity index (χ0n) is 18.0. The number of benzene rings is 3. The molecular formula is C25H21NO5S2. The number of hydrogen-bond donors (Lipinski definition) is 0. The summed E-state index contributed by atoms with van der Waals surface area (Å²) in [5.41, 5.74) is 3.44. The van der Waals surface area contributed by atoms with Crippen molar-refractivity contribution < 1.29 is 22.2 Å². The molecule has 6 nitrogen and oxygen atoms in total. The van der Waals surface area contributed by atoms with Crippen LogP contribution < -0.4 is 4.18 Å². The van der Waals surface area contributed by atoms with Gasteiger partial charge in [0.15, 0.2) is 0 Å². The number of hydrogen-bond acceptors (Lipinski definition) is 6. The Morgan fingerprint density at radius 1 is 0.909 bits per heavy atom. The lowest BCUT2D eigenvalue weighted by molar-refractivity contribution is -0.123. The molecule has 0 aromatic heterocycles. The number of aryl methyl sites for hydroxylation is 2. The van der Waals surface area contributed by atoms with E-state index in [1.807, 2.05) is 38.1 Å². The fourth-order valence-corrected chi connectivity index (χ4v) is 4.96. The van der Waals surface area contributed by atoms with Gasteiger partial charge in [-0.2, -0.15) is 8.42 Å². The summed E-state index contributed by atoms with van der Waals surface area (Å²) in [5.74, 6) is -0.271. The van der Waals surface area contributed by atoms with Crippen LogP contribution in [0.4, 0.5) is 4.79 Å². The van der Waals surface area contributed by atoms with Gasteiger partial charge in [-0.3, -0.25) is 14.5 Å². The summed E-state index contributed by atoms with van der Waals surface area (Å²) in [6.07, 6.45) is 1.56. The maximum absolute atomic E-state index is 12.8. The van der Waals surface area contributed by atoms with Gasteiger partial charge in [0, 0.05) is 0 Å². The monoisotopic (exact) mass is 479 g/mol. The molecule has 8 heteroatoms. The van der Waals surface area contributed by atoms with Crippen LogP contribution in [-0.2, 0) is 21.5 Å². The molecule has 0 radical (unpaired) electrons. The summed E-state index contributed by atoms with van der Waals surface area (Å²) in [7, 11) is -4.00. The molecule has 0 bridgehead atoms. The highest BCUT2D eigenvalue weighted by atomic mass is 32.2. The predicted molar refractivity (Wildman–Crippen MR) is 128 cm³/mol. The lowest BCUT2D eigenvalue weighted by Crippen LogP contribution is -2.27. The molecule has 1 saturated heterocycles. The molecule has 1 aliphatic heterocycles. The smallest absolute Gasteiger partial charge is 0.339 e. The van der Waals surface area contributed by atoms with Crippen molar-refractivity contribution in [2.24, 2.45) is 0 Å². The first-order valence-electron chi connectivity index (χ1n) is 10.1. The van der Waals surface area contributed by atoms with E-state index in [4.69, 9.17) is 4.18 Å². The second kappa shape index (κ2) is 9.25. The maximum atomic E-state index is 12.8. The van der Waals surface area contributed by atoms with Gasteiger partial charge in [-0.15, -0.1) is 0 Å². The van der Waals surface area contributed by atoms with Crippen LogP contribution in [0.5, 0.6) is 5.75 Å². The van der Waals surface area contributed by atoms with Crippen LogP contribution in [0.15, 0.2) is 82.6 Å². The normalized spacial score (nSPS) is 15.3. The first-order valence-corrected chi connectivity index (χ1v) is 12.4. The molecule has 0 unspecified atom stereocenters. The van der Waals surface area contributed by atoms with E-state index in [0.29, 0.717) is 5.56 Å². The van der Waals surface area contributed by atoms with Gasteiger partial charge >= 0.3 is 10.1 Å². The van der Waals surface area contributed by atoms with Crippen molar-refractivity contribution in [2.75, 3.05) is 0 Å². The molecule has 0 spiro atoms. The summed E-state index contributed by atoms with van der Waals surface area (Å²) in [5, 5.41) is -0.346. The number of nitrogens with zero attached hydrogens (tertiary/aromatic N) is 1. The van der Waals surface area contributed by atoms with Gasteiger partial charge in [0.2, 0.25) is 0 Å². The molecule has 3 aromatic carbocycles. The first-order chi connectivity index (χ1) is 15.7. The first kappa shape index (κ1) is 22.8. The third-order valence-corrected chi connectivity index (χ3v) is 7.18. The van der Waals surface area contributed by atoms with Crippen molar-refractivity contribution in [3.63, 3.8) is 0 Å². The molecule has 4 rings (SSSR count). The number of amides is 2. The quantitative estimate of drug-likeness (QED) is 0.352. The van der Waals surface area contributed by atoms with Crippen LogP contribution >= 0.6 is 11.8 Å². The molecule has 0 N–H and O–H groups in total. The third kappa shape index (κ3) is 5.35. The SMILES string of the molecule is Cc1ccc(CN2C(=O)S/C(=C\c3cccc(OS(=O)(=O)c4ccc(C)cc4)c3)C2=O)cc1. The van der Waals surface area contributed by atoms with Crippen molar-refractivity contribution >= 4 is 39.1 Å². The fourth-order valence-electron chi connectivity index (χ4n) is 3.20. The van der Waals surface area contributed by atoms with E-state index in [9.17, 15) is 18.0 Å². The Morgan fingerprint density at radius 2 is 1.55 bits per heavy atom. The van der Waals surface area contributed by atoms with Crippen molar-refractivity contribution in [1.29, 1.82) is 0 Å². The Labute approximate surface area is 197 Å². The van der Waals surface area contributed by atoms with Crippen molar-refractivity contribution in [1.82, 2.24) is 4.90 Å². The second-order valence-electron chi connectivity index (χ2n) is 7.68. The van der Waals surface area contributed by atoms with E-state index in [0.717, 1.165) is 28.5 Å². The minimum Gasteiger partial charge on any atom is -0.379 e. The predicted octanol–water partition coefficient (Wildman–Crippen LogP) is 5.31. The Hall–Kier alpha value is -3.36. The molecule has 33 heavy (non-hydrogen) atoms. The molecule has 2 amide bonds. The molecule has 1 aliphatic rings. The van der Waals surface area contributed by atoms with Crippen LogP contribution in [0.25, 0.3) is 6.08 Å². The standard InChI is InChI=1S/C25H21NO5S2/c1-17-6-10-19(11-7-17)16-26-24(27)23(32-25(26)28)15-20-4-3-5-21(14-20)31-33(29,30)22-12-8-18(2)9-13-22/h3-15H,16H2,1-2H3/b23-15-. The zero-order valence-corrected chi connectivity index (χ0v) is 19.7. The minimum absolute atomic E-state index is 0.0516. The number of thioether (sulfide) groups is 1. The maximum Gasteiger partial charge on any atom is 0.339 e. The van der Waals surface area contributed by atoms with Gasteiger partial charge in [0.25, 0.3) is 11.1 Å². The lowest BCUT2D eigenvalue weighted by Gasteiger charge is -2.12. The summed E-state index contributed by atoms with van der Waals surface area (Å²) >= 11 is 0.856. The van der Waals surface area contributed by atoms with E-state index >= 15 is 0 Å². The molecule has 0 atom stereocenters. The van der Waals surface area contributed by atoms with Gasteiger partial charge in [-0.1, -0.05) is 59.7 Å². The van der Waals surface area contributed by atoms with Crippen molar-refractivity contribution in [3.8, 4) is 5.75 Å².